The van der Waals surface area contributed by atoms with Gasteiger partial charge < -0.3 is 20.1 Å². The van der Waals surface area contributed by atoms with Gasteiger partial charge in [0.15, 0.2) is 0 Å². The van der Waals surface area contributed by atoms with Gasteiger partial charge in [0.25, 0.3) is 5.56 Å². The first-order chi connectivity index (χ1) is 14.8. The van der Waals surface area contributed by atoms with Gasteiger partial charge in [-0.15, -0.1) is 0 Å². The first kappa shape index (κ1) is 21.1. The third-order valence-corrected chi connectivity index (χ3v) is 6.09. The van der Waals surface area contributed by atoms with Crippen molar-refractivity contribution in [2.45, 2.75) is 38.8 Å². The van der Waals surface area contributed by atoms with Crippen LogP contribution in [0, 0.1) is 17.7 Å². The predicted octanol–water partition coefficient (Wildman–Crippen LogP) is 2.78. The molecule has 2 aliphatic rings. The highest BCUT2D eigenvalue weighted by molar-refractivity contribution is 5.97. The lowest BCUT2D eigenvalue weighted by molar-refractivity contribution is -0.118. The van der Waals surface area contributed by atoms with Crippen molar-refractivity contribution >= 4 is 17.6 Å². The van der Waals surface area contributed by atoms with Crippen molar-refractivity contribution < 1.29 is 14.0 Å². The summed E-state index contributed by atoms with van der Waals surface area (Å²) in [4.78, 5) is 39.7. The molecule has 0 radical (unpaired) electrons. The molecule has 0 saturated carbocycles. The Morgan fingerprint density at radius 3 is 2.61 bits per heavy atom. The zero-order valence-corrected chi connectivity index (χ0v) is 17.7. The Balaban J connectivity index is 1.45. The number of halogens is 1. The molecule has 1 aromatic carbocycles. The van der Waals surface area contributed by atoms with Gasteiger partial charge in [0, 0.05) is 43.0 Å². The number of fused-ring (bicyclic) bond motifs is 4. The molecule has 4 rings (SSSR count). The summed E-state index contributed by atoms with van der Waals surface area (Å²) in [5, 5.41) is 5.54. The van der Waals surface area contributed by atoms with Crippen LogP contribution in [0.15, 0.2) is 47.3 Å². The van der Waals surface area contributed by atoms with E-state index in [2.05, 4.69) is 10.6 Å². The second-order valence-electron chi connectivity index (χ2n) is 8.77. The SMILES string of the molecule is CC(C)[C@H](NC(=O)N1C[C@@H]2C[C@@H](C1)c1cccc(=O)n1C2)C(=O)Nc1cccc(F)c1. The first-order valence-corrected chi connectivity index (χ1v) is 10.6. The van der Waals surface area contributed by atoms with Crippen LogP contribution in [0.4, 0.5) is 14.9 Å². The number of benzene rings is 1. The molecule has 0 spiro atoms. The number of aromatic nitrogens is 1. The Labute approximate surface area is 180 Å². The average molecular weight is 426 g/mol. The molecule has 2 aliphatic heterocycles. The fraction of sp³-hybridized carbons (Fsp3) is 0.435. The van der Waals surface area contributed by atoms with Gasteiger partial charge in [-0.2, -0.15) is 0 Å². The molecule has 8 heteroatoms. The van der Waals surface area contributed by atoms with Crippen molar-refractivity contribution in [2.24, 2.45) is 11.8 Å². The zero-order valence-electron chi connectivity index (χ0n) is 17.7. The van der Waals surface area contributed by atoms with Crippen LogP contribution < -0.4 is 16.2 Å². The quantitative estimate of drug-likeness (QED) is 0.789. The van der Waals surface area contributed by atoms with Crippen molar-refractivity contribution in [3.05, 3.63) is 64.3 Å². The first-order valence-electron chi connectivity index (χ1n) is 10.6. The van der Waals surface area contributed by atoms with E-state index in [-0.39, 0.29) is 35.3 Å². The molecule has 1 fully saturated rings. The van der Waals surface area contributed by atoms with Gasteiger partial charge in [-0.3, -0.25) is 9.59 Å². The number of nitrogens with one attached hydrogen (secondary N) is 2. The molecule has 31 heavy (non-hydrogen) atoms. The predicted molar refractivity (Wildman–Crippen MR) is 115 cm³/mol. The number of anilines is 1. The van der Waals surface area contributed by atoms with E-state index in [1.165, 1.54) is 18.2 Å². The lowest BCUT2D eigenvalue weighted by Crippen LogP contribution is -2.56. The highest BCUT2D eigenvalue weighted by atomic mass is 19.1. The molecule has 2 N–H and O–H groups in total. The Morgan fingerprint density at radius 1 is 1.10 bits per heavy atom. The van der Waals surface area contributed by atoms with E-state index < -0.39 is 11.9 Å². The smallest absolute Gasteiger partial charge is 0.318 e. The molecule has 7 nitrogen and oxygen atoms in total. The lowest BCUT2D eigenvalue weighted by Gasteiger charge is -2.43. The van der Waals surface area contributed by atoms with E-state index in [1.807, 2.05) is 24.5 Å². The second-order valence-corrected chi connectivity index (χ2v) is 8.77. The van der Waals surface area contributed by atoms with Gasteiger partial charge in [0.05, 0.1) is 0 Å². The highest BCUT2D eigenvalue weighted by Crippen LogP contribution is 2.34. The molecule has 0 aliphatic carbocycles. The summed E-state index contributed by atoms with van der Waals surface area (Å²) in [5.41, 5.74) is 1.31. The number of carbonyl (C=O) groups is 2. The molecular weight excluding hydrogens is 399 g/mol. The number of piperidine rings is 1. The maximum Gasteiger partial charge on any atom is 0.318 e. The number of amides is 3. The molecule has 164 valence electrons. The van der Waals surface area contributed by atoms with E-state index in [1.54, 1.807) is 23.1 Å². The van der Waals surface area contributed by atoms with Gasteiger partial charge in [-0.25, -0.2) is 9.18 Å². The normalized spacial score (nSPS) is 20.7. The van der Waals surface area contributed by atoms with Gasteiger partial charge >= 0.3 is 6.03 Å². The standard InChI is InChI=1S/C23H27FN4O3/c1-14(2)21(22(30)25-18-6-3-5-17(24)10-18)26-23(31)27-11-15-9-16(13-27)19-7-4-8-20(29)28(19)12-15/h3-8,10,14-16,21H,9,11-13H2,1-2H3,(H,25,30)(H,26,31)/t15-,16-,21-/m0/s1. The Morgan fingerprint density at radius 2 is 1.87 bits per heavy atom. The number of nitrogens with zero attached hydrogens (tertiary/aromatic N) is 2. The zero-order chi connectivity index (χ0) is 22.1. The summed E-state index contributed by atoms with van der Waals surface area (Å²) >= 11 is 0. The topological polar surface area (TPSA) is 83.4 Å². The van der Waals surface area contributed by atoms with Gasteiger partial charge in [0.1, 0.15) is 11.9 Å². The van der Waals surface area contributed by atoms with Gasteiger partial charge in [0.2, 0.25) is 5.91 Å². The number of urea groups is 1. The Bertz CT molecular complexity index is 1050. The van der Waals surface area contributed by atoms with Crippen molar-refractivity contribution in [3.63, 3.8) is 0 Å². The Hall–Kier alpha value is -3.16. The second kappa shape index (κ2) is 8.53. The minimum atomic E-state index is -0.757. The molecule has 3 amide bonds. The molecule has 2 bridgehead atoms. The number of rotatable bonds is 4. The fourth-order valence-electron chi connectivity index (χ4n) is 4.61. The summed E-state index contributed by atoms with van der Waals surface area (Å²) in [6, 6.07) is 9.89. The number of carbonyl (C=O) groups excluding carboxylic acids is 2. The van der Waals surface area contributed by atoms with E-state index in [0.29, 0.717) is 25.3 Å². The van der Waals surface area contributed by atoms with Crippen LogP contribution in [0.25, 0.3) is 0 Å². The van der Waals surface area contributed by atoms with Crippen LogP contribution in [-0.4, -0.2) is 40.5 Å². The van der Waals surface area contributed by atoms with Crippen molar-refractivity contribution in [2.75, 3.05) is 18.4 Å². The van der Waals surface area contributed by atoms with Crippen LogP contribution in [0.5, 0.6) is 0 Å². The van der Waals surface area contributed by atoms with Crippen LogP contribution in [0.2, 0.25) is 0 Å². The maximum atomic E-state index is 13.4. The van der Waals surface area contributed by atoms with E-state index >= 15 is 0 Å². The van der Waals surface area contributed by atoms with Crippen LogP contribution >= 0.6 is 0 Å². The number of likely N-dealkylation sites (tertiary alicyclic amines) is 1. The summed E-state index contributed by atoms with van der Waals surface area (Å²) < 4.78 is 15.2. The molecule has 1 aromatic heterocycles. The molecule has 0 unspecified atom stereocenters. The summed E-state index contributed by atoms with van der Waals surface area (Å²) in [6.07, 6.45) is 0.945. The minimum Gasteiger partial charge on any atom is -0.326 e. The fourth-order valence-corrected chi connectivity index (χ4v) is 4.61. The monoisotopic (exact) mass is 426 g/mol. The van der Waals surface area contributed by atoms with E-state index in [0.717, 1.165) is 12.1 Å². The Kier molecular flexibility index (Phi) is 5.80. The van der Waals surface area contributed by atoms with Crippen molar-refractivity contribution in [1.82, 2.24) is 14.8 Å². The largest absolute Gasteiger partial charge is 0.326 e. The van der Waals surface area contributed by atoms with Crippen molar-refractivity contribution in [3.8, 4) is 0 Å². The van der Waals surface area contributed by atoms with Gasteiger partial charge in [-0.05, 0) is 42.5 Å². The molecular formula is C23H27FN4O3. The van der Waals surface area contributed by atoms with Crippen LogP contribution in [0.3, 0.4) is 0 Å². The maximum absolute atomic E-state index is 13.4. The number of pyridine rings is 1. The minimum absolute atomic E-state index is 0.000932. The summed E-state index contributed by atoms with van der Waals surface area (Å²) in [7, 11) is 0. The van der Waals surface area contributed by atoms with E-state index in [9.17, 15) is 18.8 Å². The lowest BCUT2D eigenvalue weighted by atomic mass is 9.83. The molecule has 3 heterocycles. The number of hydrogen-bond acceptors (Lipinski definition) is 3. The third kappa shape index (κ3) is 4.47. The van der Waals surface area contributed by atoms with Crippen molar-refractivity contribution in [1.29, 1.82) is 0 Å². The van der Waals surface area contributed by atoms with Crippen LogP contribution in [-0.2, 0) is 11.3 Å². The average Bonchev–Trinajstić information content (AvgIpc) is 2.72. The van der Waals surface area contributed by atoms with Gasteiger partial charge in [-0.1, -0.05) is 26.0 Å². The third-order valence-electron chi connectivity index (χ3n) is 6.09. The molecule has 3 atom stereocenters. The highest BCUT2D eigenvalue weighted by Gasteiger charge is 2.37. The summed E-state index contributed by atoms with van der Waals surface area (Å²) in [6.45, 7) is 5.35. The molecule has 1 saturated heterocycles. The summed E-state index contributed by atoms with van der Waals surface area (Å²) in [5.74, 6) is -0.673. The van der Waals surface area contributed by atoms with E-state index in [4.69, 9.17) is 0 Å². The number of hydrogen-bond donors (Lipinski definition) is 2. The molecule has 2 aromatic rings. The van der Waals surface area contributed by atoms with Crippen LogP contribution in [0.1, 0.15) is 31.9 Å².